The first kappa shape index (κ1) is 18.0. The molecule has 0 aromatic rings. The molecule has 2 N–H and O–H groups in total. The molecule has 7 nitrogen and oxygen atoms in total. The fourth-order valence-electron chi connectivity index (χ4n) is 4.13. The molecule has 4 amide bonds. The molecule has 2 heterocycles. The first-order chi connectivity index (χ1) is 12.0. The highest BCUT2D eigenvalue weighted by Crippen LogP contribution is 2.21. The lowest BCUT2D eigenvalue weighted by Crippen LogP contribution is -2.70. The molecule has 140 valence electrons. The second-order valence-electron chi connectivity index (χ2n) is 7.97. The molecule has 0 aromatic heterocycles. The van der Waals surface area contributed by atoms with E-state index in [2.05, 4.69) is 10.6 Å². The smallest absolute Gasteiger partial charge is 0.317 e. The number of hydrogen-bond donors (Lipinski definition) is 2. The van der Waals surface area contributed by atoms with Crippen LogP contribution in [-0.4, -0.2) is 65.4 Å². The standard InChI is InChI=1S/C18H30N4O3/c1-12(2)10-14-17(24)22-9-8-21(11-15(22)16(23)20-14)18(25)19-13-6-4-3-5-7-13/h12-15H,3-11H2,1-2H3,(H,19,25)(H,20,23)/t14-,15+/m0/s1. The predicted molar refractivity (Wildman–Crippen MR) is 93.9 cm³/mol. The van der Waals surface area contributed by atoms with Crippen molar-refractivity contribution in [3.63, 3.8) is 0 Å². The predicted octanol–water partition coefficient (Wildman–Crippen LogP) is 1.09. The van der Waals surface area contributed by atoms with E-state index in [9.17, 15) is 14.4 Å². The molecule has 1 aliphatic carbocycles. The molecule has 0 radical (unpaired) electrons. The van der Waals surface area contributed by atoms with Crippen LogP contribution >= 0.6 is 0 Å². The van der Waals surface area contributed by atoms with Gasteiger partial charge in [-0.1, -0.05) is 33.1 Å². The van der Waals surface area contributed by atoms with Gasteiger partial charge in [-0.05, 0) is 25.2 Å². The van der Waals surface area contributed by atoms with E-state index in [4.69, 9.17) is 0 Å². The van der Waals surface area contributed by atoms with E-state index in [1.807, 2.05) is 13.8 Å². The quantitative estimate of drug-likeness (QED) is 0.799. The van der Waals surface area contributed by atoms with Gasteiger partial charge < -0.3 is 20.4 Å². The zero-order chi connectivity index (χ0) is 18.0. The maximum atomic E-state index is 12.6. The Morgan fingerprint density at radius 1 is 1.20 bits per heavy atom. The van der Waals surface area contributed by atoms with Gasteiger partial charge in [-0.2, -0.15) is 0 Å². The highest BCUT2D eigenvalue weighted by atomic mass is 16.2. The third-order valence-electron chi connectivity index (χ3n) is 5.51. The van der Waals surface area contributed by atoms with Gasteiger partial charge in [0.05, 0.1) is 6.54 Å². The molecule has 2 aliphatic heterocycles. The molecule has 3 fully saturated rings. The summed E-state index contributed by atoms with van der Waals surface area (Å²) in [4.78, 5) is 41.0. The number of amides is 4. The van der Waals surface area contributed by atoms with Crippen LogP contribution in [0.1, 0.15) is 52.4 Å². The second-order valence-corrected chi connectivity index (χ2v) is 7.97. The molecular formula is C18H30N4O3. The van der Waals surface area contributed by atoms with Gasteiger partial charge in [-0.25, -0.2) is 4.79 Å². The van der Waals surface area contributed by atoms with Crippen LogP contribution in [0.4, 0.5) is 4.79 Å². The van der Waals surface area contributed by atoms with E-state index < -0.39 is 12.1 Å². The minimum Gasteiger partial charge on any atom is -0.342 e. The van der Waals surface area contributed by atoms with Crippen LogP contribution in [0.15, 0.2) is 0 Å². The average Bonchev–Trinajstić information content (AvgIpc) is 2.59. The molecule has 7 heteroatoms. The van der Waals surface area contributed by atoms with Gasteiger partial charge in [0, 0.05) is 19.1 Å². The third-order valence-corrected chi connectivity index (χ3v) is 5.51. The number of nitrogens with one attached hydrogen (secondary N) is 2. The highest BCUT2D eigenvalue weighted by molar-refractivity contribution is 5.97. The van der Waals surface area contributed by atoms with Crippen molar-refractivity contribution < 1.29 is 14.4 Å². The zero-order valence-electron chi connectivity index (χ0n) is 15.3. The summed E-state index contributed by atoms with van der Waals surface area (Å²) in [5, 5.41) is 5.95. The number of carbonyl (C=O) groups excluding carboxylic acids is 3. The van der Waals surface area contributed by atoms with Crippen molar-refractivity contribution >= 4 is 17.8 Å². The van der Waals surface area contributed by atoms with Crippen molar-refractivity contribution in [1.82, 2.24) is 20.4 Å². The summed E-state index contributed by atoms with van der Waals surface area (Å²) in [6.07, 6.45) is 6.29. The molecule has 2 atom stereocenters. The topological polar surface area (TPSA) is 81.8 Å². The van der Waals surface area contributed by atoms with Gasteiger partial charge in [0.25, 0.3) is 0 Å². The normalized spacial score (nSPS) is 28.0. The zero-order valence-corrected chi connectivity index (χ0v) is 15.3. The molecule has 0 aromatic carbocycles. The van der Waals surface area contributed by atoms with Gasteiger partial charge in [0.2, 0.25) is 11.8 Å². The van der Waals surface area contributed by atoms with Crippen LogP contribution in [0.3, 0.4) is 0 Å². The molecule has 1 saturated carbocycles. The number of hydrogen-bond acceptors (Lipinski definition) is 3. The van der Waals surface area contributed by atoms with Gasteiger partial charge >= 0.3 is 6.03 Å². The summed E-state index contributed by atoms with van der Waals surface area (Å²) in [6.45, 7) is 5.29. The Labute approximate surface area is 149 Å². The van der Waals surface area contributed by atoms with E-state index in [0.717, 1.165) is 25.7 Å². The minimum atomic E-state index is -0.554. The molecule has 3 rings (SSSR count). The number of nitrogens with zero attached hydrogens (tertiary/aromatic N) is 2. The summed E-state index contributed by atoms with van der Waals surface area (Å²) in [5.74, 6) is 0.194. The number of carbonyl (C=O) groups is 3. The SMILES string of the molecule is CC(C)C[C@@H]1NC(=O)[C@H]2CN(C(=O)NC3CCCCC3)CCN2C1=O. The molecular weight excluding hydrogens is 320 g/mol. The Morgan fingerprint density at radius 3 is 2.60 bits per heavy atom. The number of fused-ring (bicyclic) bond motifs is 1. The lowest BCUT2D eigenvalue weighted by molar-refractivity contribution is -0.152. The van der Waals surface area contributed by atoms with E-state index in [0.29, 0.717) is 25.4 Å². The largest absolute Gasteiger partial charge is 0.342 e. The molecule has 3 aliphatic rings. The van der Waals surface area contributed by atoms with E-state index >= 15 is 0 Å². The Kier molecular flexibility index (Phi) is 5.49. The summed E-state index contributed by atoms with van der Waals surface area (Å²) in [6, 6.07) is -0.833. The molecule has 0 bridgehead atoms. The number of rotatable bonds is 3. The van der Waals surface area contributed by atoms with Gasteiger partial charge in [-0.15, -0.1) is 0 Å². The lowest BCUT2D eigenvalue weighted by Gasteiger charge is -2.45. The van der Waals surface area contributed by atoms with Crippen LogP contribution in [0.25, 0.3) is 0 Å². The van der Waals surface area contributed by atoms with Crippen molar-refractivity contribution in [1.29, 1.82) is 0 Å². The maximum Gasteiger partial charge on any atom is 0.317 e. The molecule has 0 unspecified atom stereocenters. The Morgan fingerprint density at radius 2 is 1.92 bits per heavy atom. The second kappa shape index (κ2) is 7.62. The van der Waals surface area contributed by atoms with Crippen molar-refractivity contribution in [2.24, 2.45) is 5.92 Å². The Hall–Kier alpha value is -1.79. The Bertz CT molecular complexity index is 530. The van der Waals surface area contributed by atoms with E-state index in [1.165, 1.54) is 6.42 Å². The summed E-state index contributed by atoms with van der Waals surface area (Å²) in [5.41, 5.74) is 0. The Balaban J connectivity index is 1.58. The monoisotopic (exact) mass is 350 g/mol. The molecule has 2 saturated heterocycles. The fraction of sp³-hybridized carbons (Fsp3) is 0.833. The van der Waals surface area contributed by atoms with Crippen molar-refractivity contribution in [2.75, 3.05) is 19.6 Å². The third kappa shape index (κ3) is 4.07. The maximum absolute atomic E-state index is 12.6. The summed E-state index contributed by atoms with van der Waals surface area (Å²) in [7, 11) is 0. The van der Waals surface area contributed by atoms with Crippen LogP contribution < -0.4 is 10.6 Å². The summed E-state index contributed by atoms with van der Waals surface area (Å²) < 4.78 is 0. The van der Waals surface area contributed by atoms with Crippen LogP contribution in [-0.2, 0) is 9.59 Å². The lowest BCUT2D eigenvalue weighted by atomic mass is 9.95. The van der Waals surface area contributed by atoms with Crippen LogP contribution in [0, 0.1) is 5.92 Å². The van der Waals surface area contributed by atoms with Gasteiger partial charge in [0.15, 0.2) is 0 Å². The van der Waals surface area contributed by atoms with Crippen molar-refractivity contribution in [3.05, 3.63) is 0 Å². The van der Waals surface area contributed by atoms with E-state index in [1.54, 1.807) is 9.80 Å². The first-order valence-electron chi connectivity index (χ1n) is 9.62. The van der Waals surface area contributed by atoms with Crippen molar-refractivity contribution in [2.45, 2.75) is 70.5 Å². The minimum absolute atomic E-state index is 0.00867. The number of piperazine rings is 2. The van der Waals surface area contributed by atoms with Crippen LogP contribution in [0.2, 0.25) is 0 Å². The van der Waals surface area contributed by atoms with E-state index in [-0.39, 0.29) is 30.4 Å². The first-order valence-corrected chi connectivity index (χ1v) is 9.62. The highest BCUT2D eigenvalue weighted by Gasteiger charge is 2.44. The summed E-state index contributed by atoms with van der Waals surface area (Å²) >= 11 is 0. The molecule has 0 spiro atoms. The number of urea groups is 1. The van der Waals surface area contributed by atoms with Gasteiger partial charge in [0.1, 0.15) is 12.1 Å². The molecule has 25 heavy (non-hydrogen) atoms. The average molecular weight is 350 g/mol. The van der Waals surface area contributed by atoms with Crippen molar-refractivity contribution in [3.8, 4) is 0 Å². The van der Waals surface area contributed by atoms with Gasteiger partial charge in [-0.3, -0.25) is 9.59 Å². The van der Waals surface area contributed by atoms with Crippen LogP contribution in [0.5, 0.6) is 0 Å². The fourth-order valence-corrected chi connectivity index (χ4v) is 4.13.